The molecule has 0 fully saturated rings. The lowest BCUT2D eigenvalue weighted by Gasteiger charge is -2.02. The number of rotatable bonds is 7. The zero-order valence-corrected chi connectivity index (χ0v) is 22.3. The van der Waals surface area contributed by atoms with Crippen LogP contribution in [0.4, 0.5) is 5.69 Å². The number of benzene rings is 3. The standard InChI is InChI=1S/C29H20N6O5S/c1-40-23-12-10-18(11-13-23)14-24-27(36)30-29-34(31-24)28(37)25(41-29)16-20-17-33(21-7-3-2-4-8-21)32-26(20)19-6-5-9-22(15-19)35(38)39/h2-13,15-17H,14H2,1H3. The fraction of sp³-hybridized carbons (Fsp3) is 0.0690. The predicted octanol–water partition coefficient (Wildman–Crippen LogP) is 3.42. The normalized spacial score (nSPS) is 11.7. The minimum atomic E-state index is -0.511. The Balaban J connectivity index is 1.47. The molecule has 11 nitrogen and oxygen atoms in total. The summed E-state index contributed by atoms with van der Waals surface area (Å²) in [6.07, 6.45) is 3.58. The van der Waals surface area contributed by atoms with E-state index >= 15 is 0 Å². The molecule has 0 atom stereocenters. The monoisotopic (exact) mass is 564 g/mol. The second-order valence-electron chi connectivity index (χ2n) is 9.02. The van der Waals surface area contributed by atoms with Gasteiger partial charge in [-0.1, -0.05) is 53.8 Å². The predicted molar refractivity (Wildman–Crippen MR) is 154 cm³/mol. The summed E-state index contributed by atoms with van der Waals surface area (Å²) in [5, 5.41) is 20.4. The highest BCUT2D eigenvalue weighted by atomic mass is 32.1. The van der Waals surface area contributed by atoms with Crippen LogP contribution in [0.2, 0.25) is 0 Å². The van der Waals surface area contributed by atoms with Crippen molar-refractivity contribution in [1.29, 1.82) is 0 Å². The van der Waals surface area contributed by atoms with Gasteiger partial charge in [0.15, 0.2) is 0 Å². The molecule has 0 bridgehead atoms. The molecule has 3 aromatic heterocycles. The fourth-order valence-corrected chi connectivity index (χ4v) is 5.22. The van der Waals surface area contributed by atoms with Crippen LogP contribution in [0.1, 0.15) is 16.8 Å². The van der Waals surface area contributed by atoms with Crippen LogP contribution in [-0.4, -0.2) is 36.4 Å². The Labute approximate surface area is 235 Å². The third kappa shape index (κ3) is 5.11. The fourth-order valence-electron chi connectivity index (χ4n) is 4.33. The molecule has 0 radical (unpaired) electrons. The molecule has 6 aromatic rings. The maximum atomic E-state index is 13.4. The average molecular weight is 565 g/mol. The third-order valence-corrected chi connectivity index (χ3v) is 7.32. The SMILES string of the molecule is COc1ccc(Cc2nn3c(=O)c(=Cc4cn(-c5ccccc5)nc4-c4cccc([N+](=O)[O-])c4)sc3nc2=O)cc1. The van der Waals surface area contributed by atoms with Crippen molar-refractivity contribution < 1.29 is 9.66 Å². The highest BCUT2D eigenvalue weighted by Gasteiger charge is 2.16. The van der Waals surface area contributed by atoms with Crippen molar-refractivity contribution in [3.8, 4) is 22.7 Å². The number of hydrogen-bond acceptors (Lipinski definition) is 9. The molecule has 0 aliphatic heterocycles. The summed E-state index contributed by atoms with van der Waals surface area (Å²) in [6.45, 7) is 0. The van der Waals surface area contributed by atoms with Crippen molar-refractivity contribution in [2.45, 2.75) is 6.42 Å². The number of fused-ring (bicyclic) bond motifs is 1. The molecule has 12 heteroatoms. The number of para-hydroxylation sites is 1. The molecule has 202 valence electrons. The molecule has 0 aliphatic carbocycles. The molecule has 3 heterocycles. The molecular weight excluding hydrogens is 544 g/mol. The minimum Gasteiger partial charge on any atom is -0.497 e. The molecule has 0 aliphatic rings. The number of methoxy groups -OCH3 is 1. The van der Waals surface area contributed by atoms with Gasteiger partial charge in [-0.2, -0.15) is 19.7 Å². The molecule has 3 aromatic carbocycles. The summed E-state index contributed by atoms with van der Waals surface area (Å²) in [4.78, 5) is 41.4. The molecule has 6 rings (SSSR count). The lowest BCUT2D eigenvalue weighted by molar-refractivity contribution is -0.384. The van der Waals surface area contributed by atoms with Crippen molar-refractivity contribution in [1.82, 2.24) is 24.4 Å². The lowest BCUT2D eigenvalue weighted by Crippen LogP contribution is -2.28. The highest BCUT2D eigenvalue weighted by Crippen LogP contribution is 2.27. The smallest absolute Gasteiger partial charge is 0.296 e. The van der Waals surface area contributed by atoms with E-state index in [4.69, 9.17) is 4.74 Å². The number of nitrogens with zero attached hydrogens (tertiary/aromatic N) is 6. The first kappa shape index (κ1) is 25.8. The Bertz CT molecular complexity index is 2090. The Morgan fingerprint density at radius 3 is 2.51 bits per heavy atom. The zero-order valence-electron chi connectivity index (χ0n) is 21.5. The lowest BCUT2D eigenvalue weighted by atomic mass is 10.1. The summed E-state index contributed by atoms with van der Waals surface area (Å²) in [6, 6.07) is 22.7. The van der Waals surface area contributed by atoms with Crippen LogP contribution in [0.3, 0.4) is 0 Å². The van der Waals surface area contributed by atoms with E-state index in [0.717, 1.165) is 27.1 Å². The van der Waals surface area contributed by atoms with Gasteiger partial charge in [-0.05, 0) is 35.9 Å². The van der Waals surface area contributed by atoms with Crippen LogP contribution in [-0.2, 0) is 6.42 Å². The maximum absolute atomic E-state index is 13.4. The van der Waals surface area contributed by atoms with Crippen molar-refractivity contribution in [3.05, 3.63) is 137 Å². The summed E-state index contributed by atoms with van der Waals surface area (Å²) in [5.74, 6) is 0.687. The molecule has 41 heavy (non-hydrogen) atoms. The van der Waals surface area contributed by atoms with Gasteiger partial charge in [0, 0.05) is 35.9 Å². The van der Waals surface area contributed by atoms with Crippen LogP contribution >= 0.6 is 11.3 Å². The summed E-state index contributed by atoms with van der Waals surface area (Å²) in [5.41, 5.74) is 2.23. The second kappa shape index (κ2) is 10.6. The topological polar surface area (TPSA) is 135 Å². The van der Waals surface area contributed by atoms with E-state index in [1.54, 1.807) is 48.3 Å². The van der Waals surface area contributed by atoms with Gasteiger partial charge in [-0.15, -0.1) is 0 Å². The van der Waals surface area contributed by atoms with Crippen molar-refractivity contribution in [2.75, 3.05) is 7.11 Å². The van der Waals surface area contributed by atoms with E-state index < -0.39 is 16.0 Å². The first-order chi connectivity index (χ1) is 19.9. The first-order valence-electron chi connectivity index (χ1n) is 12.4. The van der Waals surface area contributed by atoms with Gasteiger partial charge in [0.25, 0.3) is 16.8 Å². The third-order valence-electron chi connectivity index (χ3n) is 6.36. The number of thiazole rings is 1. The van der Waals surface area contributed by atoms with Crippen LogP contribution < -0.4 is 20.4 Å². The van der Waals surface area contributed by atoms with Gasteiger partial charge in [0.05, 0.1) is 22.3 Å². The van der Waals surface area contributed by atoms with Crippen LogP contribution in [0.25, 0.3) is 28.0 Å². The second-order valence-corrected chi connectivity index (χ2v) is 10.0. The van der Waals surface area contributed by atoms with Gasteiger partial charge < -0.3 is 4.74 Å². The number of nitro groups is 1. The molecule has 0 unspecified atom stereocenters. The van der Waals surface area contributed by atoms with Crippen molar-refractivity contribution in [2.24, 2.45) is 0 Å². The quantitative estimate of drug-likeness (QED) is 0.213. The first-order valence-corrected chi connectivity index (χ1v) is 13.2. The van der Waals surface area contributed by atoms with Gasteiger partial charge in [-0.25, -0.2) is 4.68 Å². The van der Waals surface area contributed by atoms with E-state index in [9.17, 15) is 19.7 Å². The number of hydrogen-bond donors (Lipinski definition) is 0. The summed E-state index contributed by atoms with van der Waals surface area (Å²) < 4.78 is 8.23. The Kier molecular flexibility index (Phi) is 6.65. The Morgan fingerprint density at radius 2 is 1.78 bits per heavy atom. The summed E-state index contributed by atoms with van der Waals surface area (Å²) in [7, 11) is 1.57. The van der Waals surface area contributed by atoms with Gasteiger partial charge >= 0.3 is 0 Å². The van der Waals surface area contributed by atoms with E-state index in [2.05, 4.69) is 15.2 Å². The van der Waals surface area contributed by atoms with Crippen molar-refractivity contribution >= 4 is 28.1 Å². The zero-order chi connectivity index (χ0) is 28.5. The van der Waals surface area contributed by atoms with Crippen LogP contribution in [0.5, 0.6) is 5.75 Å². The average Bonchev–Trinajstić information content (AvgIpc) is 3.55. The summed E-state index contributed by atoms with van der Waals surface area (Å²) >= 11 is 1.03. The molecule has 0 amide bonds. The maximum Gasteiger partial charge on any atom is 0.296 e. The Morgan fingerprint density at radius 1 is 1.00 bits per heavy atom. The molecular formula is C29H20N6O5S. The largest absolute Gasteiger partial charge is 0.497 e. The van der Waals surface area contributed by atoms with Crippen molar-refractivity contribution in [3.63, 3.8) is 0 Å². The van der Waals surface area contributed by atoms with Crippen LogP contribution in [0.15, 0.2) is 94.6 Å². The number of ether oxygens (including phenoxy) is 1. The van der Waals surface area contributed by atoms with E-state index in [-0.39, 0.29) is 27.3 Å². The van der Waals surface area contributed by atoms with E-state index in [1.165, 1.54) is 12.1 Å². The van der Waals surface area contributed by atoms with Crippen LogP contribution in [0, 0.1) is 10.1 Å². The minimum absolute atomic E-state index is 0.0783. The molecule has 0 spiro atoms. The van der Waals surface area contributed by atoms with Gasteiger partial charge in [0.2, 0.25) is 4.96 Å². The highest BCUT2D eigenvalue weighted by molar-refractivity contribution is 7.15. The number of nitro benzene ring substituents is 1. The number of aromatic nitrogens is 5. The van der Waals surface area contributed by atoms with E-state index in [0.29, 0.717) is 22.6 Å². The molecule has 0 saturated heterocycles. The van der Waals surface area contributed by atoms with Gasteiger partial charge in [-0.3, -0.25) is 19.7 Å². The van der Waals surface area contributed by atoms with Gasteiger partial charge in [0.1, 0.15) is 17.1 Å². The number of non-ortho nitro benzene ring substituents is 1. The molecule has 0 saturated carbocycles. The molecule has 0 N–H and O–H groups in total. The Hall–Kier alpha value is -5.49. The van der Waals surface area contributed by atoms with E-state index in [1.807, 2.05) is 42.5 Å².